The number of alkyl halides is 3. The molecule has 21 heavy (non-hydrogen) atoms. The Morgan fingerprint density at radius 2 is 1.90 bits per heavy atom. The van der Waals surface area contributed by atoms with Gasteiger partial charge >= 0.3 is 6.18 Å². The number of benzene rings is 1. The van der Waals surface area contributed by atoms with Crippen molar-refractivity contribution < 1.29 is 18.0 Å². The number of thiophene rings is 1. The van der Waals surface area contributed by atoms with E-state index < -0.39 is 17.6 Å². The maximum absolute atomic E-state index is 12.9. The van der Waals surface area contributed by atoms with Crippen molar-refractivity contribution >= 4 is 28.8 Å². The van der Waals surface area contributed by atoms with Gasteiger partial charge in [0.15, 0.2) is 0 Å². The van der Waals surface area contributed by atoms with Crippen LogP contribution >= 0.6 is 22.9 Å². The van der Waals surface area contributed by atoms with E-state index in [1.807, 2.05) is 0 Å². The number of amides is 1. The van der Waals surface area contributed by atoms with Gasteiger partial charge in [-0.1, -0.05) is 23.7 Å². The summed E-state index contributed by atoms with van der Waals surface area (Å²) in [6, 6.07) is 8.19. The number of hydrogen-bond donors (Lipinski definition) is 0. The van der Waals surface area contributed by atoms with Gasteiger partial charge in [-0.25, -0.2) is 0 Å². The van der Waals surface area contributed by atoms with Crippen LogP contribution in [0.3, 0.4) is 0 Å². The Bertz CT molecular complexity index is 654. The second-order valence-electron chi connectivity index (χ2n) is 4.41. The average Bonchev–Trinajstić information content (AvgIpc) is 2.82. The Morgan fingerprint density at radius 1 is 1.24 bits per heavy atom. The van der Waals surface area contributed by atoms with E-state index in [4.69, 9.17) is 11.6 Å². The van der Waals surface area contributed by atoms with E-state index in [2.05, 4.69) is 0 Å². The summed E-state index contributed by atoms with van der Waals surface area (Å²) >= 11 is 7.08. The molecule has 112 valence electrons. The van der Waals surface area contributed by atoms with Crippen LogP contribution in [0.4, 0.5) is 13.2 Å². The molecule has 1 heterocycles. The van der Waals surface area contributed by atoms with Gasteiger partial charge in [0.1, 0.15) is 0 Å². The van der Waals surface area contributed by atoms with Crippen molar-refractivity contribution in [3.63, 3.8) is 0 Å². The monoisotopic (exact) mass is 333 g/mol. The maximum atomic E-state index is 12.9. The lowest BCUT2D eigenvalue weighted by Crippen LogP contribution is -2.28. The molecule has 0 aliphatic carbocycles. The normalized spacial score (nSPS) is 11.5. The van der Waals surface area contributed by atoms with Crippen molar-refractivity contribution in [2.75, 3.05) is 7.05 Å². The third kappa shape index (κ3) is 3.77. The van der Waals surface area contributed by atoms with Gasteiger partial charge in [-0.15, -0.1) is 11.3 Å². The zero-order valence-electron chi connectivity index (χ0n) is 10.9. The topological polar surface area (TPSA) is 20.3 Å². The number of hydrogen-bond acceptors (Lipinski definition) is 2. The second kappa shape index (κ2) is 6.07. The van der Waals surface area contributed by atoms with Crippen LogP contribution in [-0.4, -0.2) is 17.9 Å². The van der Waals surface area contributed by atoms with E-state index in [9.17, 15) is 18.0 Å². The van der Waals surface area contributed by atoms with E-state index in [0.29, 0.717) is 4.34 Å². The van der Waals surface area contributed by atoms with Crippen molar-refractivity contribution in [3.8, 4) is 0 Å². The predicted octanol–water partition coefficient (Wildman–Crippen LogP) is 4.69. The first kappa shape index (κ1) is 15.9. The minimum Gasteiger partial charge on any atom is -0.337 e. The van der Waals surface area contributed by atoms with Crippen molar-refractivity contribution in [2.24, 2.45) is 0 Å². The standard InChI is InChI=1S/C14H11ClF3NOS/c1-19(8-9-6-7-12(15)21-9)13(20)10-4-2-3-5-11(10)14(16,17)18/h2-7H,8H2,1H3. The predicted molar refractivity (Wildman–Crippen MR) is 76.6 cm³/mol. The average molecular weight is 334 g/mol. The molecule has 2 aromatic rings. The molecule has 0 atom stereocenters. The summed E-state index contributed by atoms with van der Waals surface area (Å²) in [5.74, 6) is -0.674. The lowest BCUT2D eigenvalue weighted by atomic mass is 10.1. The molecule has 0 saturated heterocycles. The Kier molecular flexibility index (Phi) is 4.58. The van der Waals surface area contributed by atoms with Crippen LogP contribution in [0.5, 0.6) is 0 Å². The minimum atomic E-state index is -4.56. The zero-order chi connectivity index (χ0) is 15.6. The number of rotatable bonds is 3. The first-order valence-electron chi connectivity index (χ1n) is 5.95. The first-order chi connectivity index (χ1) is 9.79. The van der Waals surface area contributed by atoms with E-state index in [1.165, 1.54) is 41.5 Å². The molecule has 0 saturated carbocycles. The van der Waals surface area contributed by atoms with Gasteiger partial charge in [0.2, 0.25) is 0 Å². The van der Waals surface area contributed by atoms with Crippen LogP contribution in [-0.2, 0) is 12.7 Å². The van der Waals surface area contributed by atoms with E-state index in [-0.39, 0.29) is 12.1 Å². The van der Waals surface area contributed by atoms with Gasteiger partial charge in [-0.2, -0.15) is 13.2 Å². The number of carbonyl (C=O) groups excluding carboxylic acids is 1. The molecule has 0 bridgehead atoms. The molecule has 2 nitrogen and oxygen atoms in total. The molecule has 0 aliphatic heterocycles. The van der Waals surface area contributed by atoms with Gasteiger partial charge in [-0.3, -0.25) is 4.79 Å². The molecule has 0 unspecified atom stereocenters. The van der Waals surface area contributed by atoms with Gasteiger partial charge in [0, 0.05) is 11.9 Å². The molecular formula is C14H11ClF3NOS. The number of nitrogens with zero attached hydrogens (tertiary/aromatic N) is 1. The third-order valence-electron chi connectivity index (χ3n) is 2.83. The molecule has 7 heteroatoms. The number of carbonyl (C=O) groups is 1. The highest BCUT2D eigenvalue weighted by Crippen LogP contribution is 2.32. The van der Waals surface area contributed by atoms with E-state index in [0.717, 1.165) is 10.9 Å². The van der Waals surface area contributed by atoms with Crippen molar-refractivity contribution in [1.82, 2.24) is 4.90 Å². The Balaban J connectivity index is 2.24. The summed E-state index contributed by atoms with van der Waals surface area (Å²) in [4.78, 5) is 14.3. The van der Waals surface area contributed by atoms with Crippen LogP contribution in [0.1, 0.15) is 20.8 Å². The highest BCUT2D eigenvalue weighted by atomic mass is 35.5. The molecule has 0 fully saturated rings. The molecule has 1 amide bonds. The van der Waals surface area contributed by atoms with Crippen molar-refractivity contribution in [2.45, 2.75) is 12.7 Å². The SMILES string of the molecule is CN(Cc1ccc(Cl)s1)C(=O)c1ccccc1C(F)(F)F. The van der Waals surface area contributed by atoms with E-state index >= 15 is 0 Å². The smallest absolute Gasteiger partial charge is 0.337 e. The summed E-state index contributed by atoms with van der Waals surface area (Å²) in [5.41, 5.74) is -1.28. The summed E-state index contributed by atoms with van der Waals surface area (Å²) in [5, 5.41) is 0. The van der Waals surface area contributed by atoms with Crippen molar-refractivity contribution in [1.29, 1.82) is 0 Å². The fourth-order valence-electron chi connectivity index (χ4n) is 1.86. The lowest BCUT2D eigenvalue weighted by Gasteiger charge is -2.19. The largest absolute Gasteiger partial charge is 0.417 e. The third-order valence-corrected chi connectivity index (χ3v) is 4.05. The first-order valence-corrected chi connectivity index (χ1v) is 7.14. The van der Waals surface area contributed by atoms with Gasteiger partial charge in [0.25, 0.3) is 5.91 Å². The molecule has 0 radical (unpaired) electrons. The Morgan fingerprint density at radius 3 is 2.48 bits per heavy atom. The fourth-order valence-corrected chi connectivity index (χ4v) is 3.01. The van der Waals surface area contributed by atoms with Gasteiger partial charge in [0.05, 0.1) is 22.0 Å². The second-order valence-corrected chi connectivity index (χ2v) is 6.21. The number of halogens is 4. The summed E-state index contributed by atoms with van der Waals surface area (Å²) in [6.07, 6.45) is -4.56. The quantitative estimate of drug-likeness (QED) is 0.797. The highest BCUT2D eigenvalue weighted by molar-refractivity contribution is 7.16. The van der Waals surface area contributed by atoms with Crippen LogP contribution in [0.15, 0.2) is 36.4 Å². The van der Waals surface area contributed by atoms with Gasteiger partial charge in [-0.05, 0) is 24.3 Å². The molecule has 0 spiro atoms. The Labute approximate surface area is 128 Å². The summed E-state index contributed by atoms with van der Waals surface area (Å²) in [7, 11) is 1.46. The van der Waals surface area contributed by atoms with Crippen LogP contribution in [0.2, 0.25) is 4.34 Å². The van der Waals surface area contributed by atoms with Crippen LogP contribution in [0.25, 0.3) is 0 Å². The molecule has 0 aliphatic rings. The molecule has 1 aromatic heterocycles. The maximum Gasteiger partial charge on any atom is 0.417 e. The highest BCUT2D eigenvalue weighted by Gasteiger charge is 2.35. The molecule has 2 rings (SSSR count). The van der Waals surface area contributed by atoms with Crippen molar-refractivity contribution in [3.05, 3.63) is 56.7 Å². The lowest BCUT2D eigenvalue weighted by molar-refractivity contribution is -0.138. The molecule has 0 N–H and O–H groups in total. The summed E-state index contributed by atoms with van der Waals surface area (Å²) < 4.78 is 39.3. The Hall–Kier alpha value is -1.53. The fraction of sp³-hybridized carbons (Fsp3) is 0.214. The summed E-state index contributed by atoms with van der Waals surface area (Å²) in [6.45, 7) is 0.211. The molecule has 1 aromatic carbocycles. The zero-order valence-corrected chi connectivity index (χ0v) is 12.5. The molecular weight excluding hydrogens is 323 g/mol. The van der Waals surface area contributed by atoms with Crippen LogP contribution < -0.4 is 0 Å². The minimum absolute atomic E-state index is 0.211. The van der Waals surface area contributed by atoms with E-state index in [1.54, 1.807) is 12.1 Å². The van der Waals surface area contributed by atoms with Crippen LogP contribution in [0, 0.1) is 0 Å². The van der Waals surface area contributed by atoms with Gasteiger partial charge < -0.3 is 4.90 Å².